The summed E-state index contributed by atoms with van der Waals surface area (Å²) in [5.41, 5.74) is 6.96. The van der Waals surface area contributed by atoms with Crippen molar-refractivity contribution in [2.24, 2.45) is 0 Å². The second-order valence-electron chi connectivity index (χ2n) is 7.43. The molecule has 2 aromatic heterocycles. The van der Waals surface area contributed by atoms with Gasteiger partial charge in [0, 0.05) is 28.8 Å². The molecule has 0 atom stereocenters. The average Bonchev–Trinajstić information content (AvgIpc) is 3.15. The maximum atomic E-state index is 6.11. The van der Waals surface area contributed by atoms with Gasteiger partial charge >= 0.3 is 0 Å². The molecule has 5 heteroatoms. The molecule has 0 aliphatic rings. The molecule has 0 radical (unpaired) electrons. The Morgan fingerprint density at radius 1 is 0.839 bits per heavy atom. The fourth-order valence-electron chi connectivity index (χ4n) is 3.75. The molecule has 0 unspecified atom stereocenters. The van der Waals surface area contributed by atoms with E-state index in [1.165, 1.54) is 5.56 Å². The van der Waals surface area contributed by atoms with Crippen LogP contribution in [-0.4, -0.2) is 14.6 Å². The summed E-state index contributed by atoms with van der Waals surface area (Å²) >= 11 is 6.11. The third-order valence-corrected chi connectivity index (χ3v) is 5.53. The Balaban J connectivity index is 1.67. The first-order valence-electron chi connectivity index (χ1n) is 10.2. The van der Waals surface area contributed by atoms with Crippen molar-refractivity contribution in [3.8, 4) is 22.4 Å². The third-order valence-electron chi connectivity index (χ3n) is 5.28. The normalized spacial score (nSPS) is 11.0. The molecule has 0 amide bonds. The smallest absolute Gasteiger partial charge is 0.166 e. The van der Waals surface area contributed by atoms with Crippen LogP contribution in [0.3, 0.4) is 0 Å². The molecule has 0 spiro atoms. The largest absolute Gasteiger partial charge is 0.366 e. The Bertz CT molecular complexity index is 1330. The summed E-state index contributed by atoms with van der Waals surface area (Å²) in [7, 11) is 0. The van der Waals surface area contributed by atoms with Crippen LogP contribution >= 0.6 is 11.6 Å². The Morgan fingerprint density at radius 2 is 1.52 bits per heavy atom. The van der Waals surface area contributed by atoms with E-state index in [1.807, 2.05) is 72.1 Å². The van der Waals surface area contributed by atoms with Gasteiger partial charge in [0.25, 0.3) is 0 Å². The number of nitrogens with zero attached hydrogens (tertiary/aromatic N) is 3. The highest BCUT2D eigenvalue weighted by Gasteiger charge is 2.17. The Morgan fingerprint density at radius 3 is 2.23 bits per heavy atom. The summed E-state index contributed by atoms with van der Waals surface area (Å²) in [6.45, 7) is 2.71. The number of hydrogen-bond acceptors (Lipinski definition) is 3. The Kier molecular flexibility index (Phi) is 5.14. The number of rotatable bonds is 5. The van der Waals surface area contributed by atoms with Crippen molar-refractivity contribution in [1.29, 1.82) is 0 Å². The van der Waals surface area contributed by atoms with Crippen LogP contribution in [-0.2, 0) is 6.54 Å². The molecule has 0 aliphatic heterocycles. The molecule has 0 aliphatic carbocycles. The number of benzene rings is 3. The molecule has 0 saturated carbocycles. The first-order chi connectivity index (χ1) is 15.2. The maximum Gasteiger partial charge on any atom is 0.166 e. The summed E-state index contributed by atoms with van der Waals surface area (Å²) in [4.78, 5) is 5.01. The molecule has 1 N–H and O–H groups in total. The van der Waals surface area contributed by atoms with E-state index in [1.54, 1.807) is 0 Å². The first kappa shape index (κ1) is 19.3. The Labute approximate surface area is 186 Å². The zero-order chi connectivity index (χ0) is 21.2. The number of halogens is 1. The lowest BCUT2D eigenvalue weighted by molar-refractivity contribution is 0.908. The monoisotopic (exact) mass is 424 g/mol. The summed E-state index contributed by atoms with van der Waals surface area (Å²) in [5, 5.41) is 9.08. The molecular formula is C26H21ClN4. The number of nitrogens with one attached hydrogen (secondary N) is 1. The van der Waals surface area contributed by atoms with Gasteiger partial charge in [-0.15, -0.1) is 0 Å². The van der Waals surface area contributed by atoms with Crippen LogP contribution in [0.5, 0.6) is 0 Å². The van der Waals surface area contributed by atoms with E-state index in [0.717, 1.165) is 39.5 Å². The van der Waals surface area contributed by atoms with E-state index < -0.39 is 0 Å². The fraction of sp³-hybridized carbons (Fsp3) is 0.0769. The lowest BCUT2D eigenvalue weighted by atomic mass is 10.1. The molecule has 2 heterocycles. The van der Waals surface area contributed by atoms with E-state index in [2.05, 4.69) is 35.6 Å². The van der Waals surface area contributed by atoms with Gasteiger partial charge in [0.2, 0.25) is 0 Å². The molecule has 5 rings (SSSR count). The highest BCUT2D eigenvalue weighted by Crippen LogP contribution is 2.32. The van der Waals surface area contributed by atoms with E-state index >= 15 is 0 Å². The van der Waals surface area contributed by atoms with Gasteiger partial charge in [0.1, 0.15) is 5.82 Å². The van der Waals surface area contributed by atoms with E-state index in [-0.39, 0.29) is 0 Å². The summed E-state index contributed by atoms with van der Waals surface area (Å²) in [6.07, 6.45) is 0. The molecule has 3 aromatic carbocycles. The van der Waals surface area contributed by atoms with Gasteiger partial charge in [-0.1, -0.05) is 84.4 Å². The van der Waals surface area contributed by atoms with Crippen LogP contribution < -0.4 is 5.32 Å². The van der Waals surface area contributed by atoms with Gasteiger partial charge in [-0.25, -0.2) is 4.98 Å². The van der Waals surface area contributed by atoms with Gasteiger partial charge in [-0.3, -0.25) is 0 Å². The second kappa shape index (κ2) is 8.25. The van der Waals surface area contributed by atoms with Gasteiger partial charge < -0.3 is 5.32 Å². The molecule has 0 saturated heterocycles. The lowest BCUT2D eigenvalue weighted by Gasteiger charge is -2.11. The van der Waals surface area contributed by atoms with Crippen molar-refractivity contribution in [1.82, 2.24) is 14.6 Å². The van der Waals surface area contributed by atoms with Gasteiger partial charge in [-0.05, 0) is 30.2 Å². The predicted octanol–water partition coefficient (Wildman–Crippen LogP) is 6.64. The topological polar surface area (TPSA) is 42.2 Å². The average molecular weight is 425 g/mol. The Hall–Kier alpha value is -3.63. The minimum Gasteiger partial charge on any atom is -0.366 e. The SMILES string of the molecule is Cc1nn2c(NCc3ccccc3)cc(-c3ccccc3)nc2c1-c1ccc(Cl)cc1. The fourth-order valence-corrected chi connectivity index (χ4v) is 3.88. The van der Waals surface area contributed by atoms with Gasteiger partial charge in [0.15, 0.2) is 5.65 Å². The standard InChI is InChI=1S/C26H21ClN4/c1-18-25(21-12-14-22(27)15-13-21)26-29-23(20-10-6-3-7-11-20)16-24(31(26)30-18)28-17-19-8-4-2-5-9-19/h2-16,28H,17H2,1H3. The molecular weight excluding hydrogens is 404 g/mol. The maximum absolute atomic E-state index is 6.11. The number of hydrogen-bond donors (Lipinski definition) is 1. The highest BCUT2D eigenvalue weighted by molar-refractivity contribution is 6.30. The van der Waals surface area contributed by atoms with Crippen molar-refractivity contribution >= 4 is 23.1 Å². The van der Waals surface area contributed by atoms with Crippen molar-refractivity contribution in [3.63, 3.8) is 0 Å². The molecule has 5 aromatic rings. The number of fused-ring (bicyclic) bond motifs is 1. The van der Waals surface area contributed by atoms with Gasteiger partial charge in [0.05, 0.1) is 11.4 Å². The van der Waals surface area contributed by atoms with Crippen molar-refractivity contribution in [2.75, 3.05) is 5.32 Å². The van der Waals surface area contributed by atoms with Crippen LogP contribution in [0.2, 0.25) is 5.02 Å². The minimum atomic E-state index is 0.698. The molecule has 0 fully saturated rings. The molecule has 4 nitrogen and oxygen atoms in total. The molecule has 31 heavy (non-hydrogen) atoms. The quantitative estimate of drug-likeness (QED) is 0.344. The molecule has 0 bridgehead atoms. The van der Waals surface area contributed by atoms with E-state index in [4.69, 9.17) is 21.7 Å². The number of aryl methyl sites for hydroxylation is 1. The van der Waals surface area contributed by atoms with Crippen molar-refractivity contribution in [3.05, 3.63) is 107 Å². The first-order valence-corrected chi connectivity index (χ1v) is 10.6. The third kappa shape index (κ3) is 3.90. The molecule has 152 valence electrons. The predicted molar refractivity (Wildman–Crippen MR) is 127 cm³/mol. The van der Waals surface area contributed by atoms with Crippen molar-refractivity contribution in [2.45, 2.75) is 13.5 Å². The van der Waals surface area contributed by atoms with Crippen LogP contribution in [0.25, 0.3) is 28.0 Å². The number of aromatic nitrogens is 3. The van der Waals surface area contributed by atoms with E-state index in [9.17, 15) is 0 Å². The van der Waals surface area contributed by atoms with Crippen LogP contribution in [0.4, 0.5) is 5.82 Å². The summed E-state index contributed by atoms with van der Waals surface area (Å²) in [5.74, 6) is 0.899. The van der Waals surface area contributed by atoms with Crippen LogP contribution in [0.15, 0.2) is 91.0 Å². The van der Waals surface area contributed by atoms with Crippen molar-refractivity contribution < 1.29 is 0 Å². The lowest BCUT2D eigenvalue weighted by Crippen LogP contribution is -2.07. The van der Waals surface area contributed by atoms with Gasteiger partial charge in [-0.2, -0.15) is 9.61 Å². The minimum absolute atomic E-state index is 0.698. The summed E-state index contributed by atoms with van der Waals surface area (Å²) in [6, 6.07) is 30.4. The second-order valence-corrected chi connectivity index (χ2v) is 7.87. The van der Waals surface area contributed by atoms with Crippen LogP contribution in [0, 0.1) is 6.92 Å². The van der Waals surface area contributed by atoms with Crippen LogP contribution in [0.1, 0.15) is 11.3 Å². The number of anilines is 1. The summed E-state index contributed by atoms with van der Waals surface area (Å²) < 4.78 is 1.90. The zero-order valence-electron chi connectivity index (χ0n) is 17.1. The van der Waals surface area contributed by atoms with E-state index in [0.29, 0.717) is 11.6 Å². The zero-order valence-corrected chi connectivity index (χ0v) is 17.8. The highest BCUT2D eigenvalue weighted by atomic mass is 35.5.